The summed E-state index contributed by atoms with van der Waals surface area (Å²) in [4.78, 5) is 24.4. The van der Waals surface area contributed by atoms with Crippen molar-refractivity contribution in [1.82, 2.24) is 0 Å². The topological polar surface area (TPSA) is 74.6 Å². The lowest BCUT2D eigenvalue weighted by atomic mass is 9.74. The Kier molecular flexibility index (Phi) is 4.44. The van der Waals surface area contributed by atoms with Crippen LogP contribution in [0.15, 0.2) is 72.1 Å². The molecule has 2 aromatic carbocycles. The fourth-order valence-corrected chi connectivity index (χ4v) is 4.44. The van der Waals surface area contributed by atoms with Gasteiger partial charge in [0, 0.05) is 5.92 Å². The maximum Gasteiger partial charge on any atom is 0.325 e. The number of hydrogen-bond acceptors (Lipinski definition) is 3. The quantitative estimate of drug-likeness (QED) is 0.887. The Bertz CT molecular complexity index is 772. The zero-order valence-electron chi connectivity index (χ0n) is 12.7. The van der Waals surface area contributed by atoms with E-state index in [0.29, 0.717) is 5.56 Å². The Balaban J connectivity index is 2.20. The molecule has 3 unspecified atom stereocenters. The van der Waals surface area contributed by atoms with Crippen LogP contribution in [-0.2, 0) is 14.3 Å². The van der Waals surface area contributed by atoms with Crippen LogP contribution < -0.4 is 0 Å². The number of benzene rings is 2. The van der Waals surface area contributed by atoms with Crippen LogP contribution in [0.3, 0.4) is 0 Å². The molecule has 3 atom stereocenters. The molecule has 0 amide bonds. The first kappa shape index (κ1) is 16.3. The summed E-state index contributed by atoms with van der Waals surface area (Å²) in [6.07, 6.45) is 1.78. The van der Waals surface area contributed by atoms with Crippen LogP contribution in [0.2, 0.25) is 0 Å². The lowest BCUT2D eigenvalue weighted by Gasteiger charge is -2.40. The summed E-state index contributed by atoms with van der Waals surface area (Å²) < 4.78 is -1.57. The third-order valence-electron chi connectivity index (χ3n) is 4.31. The molecule has 24 heavy (non-hydrogen) atoms. The Hall–Kier alpha value is -2.53. The molecule has 1 aliphatic rings. The zero-order valence-corrected chi connectivity index (χ0v) is 13.5. The molecule has 0 aliphatic carbocycles. The first-order valence-electron chi connectivity index (χ1n) is 7.48. The van der Waals surface area contributed by atoms with Gasteiger partial charge in [0.1, 0.15) is 0 Å². The molecule has 3 rings (SSSR count). The fourth-order valence-electron chi connectivity index (χ4n) is 3.22. The van der Waals surface area contributed by atoms with E-state index in [1.54, 1.807) is 41.8 Å². The van der Waals surface area contributed by atoms with Crippen LogP contribution >= 0.6 is 11.8 Å². The Morgan fingerprint density at radius 3 is 2.04 bits per heavy atom. The summed E-state index contributed by atoms with van der Waals surface area (Å²) in [7, 11) is 0. The van der Waals surface area contributed by atoms with Crippen molar-refractivity contribution in [2.24, 2.45) is 5.92 Å². The van der Waals surface area contributed by atoms with Crippen molar-refractivity contribution >= 4 is 23.7 Å². The molecular formula is C19H16O4S. The smallest absolute Gasteiger partial charge is 0.325 e. The minimum atomic E-state index is -1.57. The van der Waals surface area contributed by atoms with Crippen LogP contribution in [0, 0.1) is 5.92 Å². The minimum absolute atomic E-state index is 0.486. The zero-order chi connectivity index (χ0) is 17.2. The van der Waals surface area contributed by atoms with Gasteiger partial charge in [-0.1, -0.05) is 66.7 Å². The summed E-state index contributed by atoms with van der Waals surface area (Å²) in [6.45, 7) is 0. The number of thioether (sulfide) groups is 1. The molecule has 5 heteroatoms. The van der Waals surface area contributed by atoms with Gasteiger partial charge in [-0.2, -0.15) is 0 Å². The van der Waals surface area contributed by atoms with Gasteiger partial charge < -0.3 is 10.2 Å². The molecule has 0 radical (unpaired) electrons. The van der Waals surface area contributed by atoms with Gasteiger partial charge in [-0.3, -0.25) is 9.59 Å². The first-order valence-corrected chi connectivity index (χ1v) is 8.36. The normalized spacial score (nSPS) is 26.0. The lowest BCUT2D eigenvalue weighted by Crippen LogP contribution is -2.47. The third kappa shape index (κ3) is 2.61. The summed E-state index contributed by atoms with van der Waals surface area (Å²) in [5, 5.41) is 21.6. The standard InChI is InChI=1S/C19H16O4S/c20-17(21)16-15(13-7-3-1-4-8-13)11-12-24-19(16,18(22)23)14-9-5-2-6-10-14/h1-12,15-16H,(H,20,21)(H,22,23). The van der Waals surface area contributed by atoms with Crippen molar-refractivity contribution in [2.75, 3.05) is 0 Å². The lowest BCUT2D eigenvalue weighted by molar-refractivity contribution is -0.152. The molecule has 122 valence electrons. The van der Waals surface area contributed by atoms with Crippen LogP contribution in [0.4, 0.5) is 0 Å². The molecule has 2 N–H and O–H groups in total. The Morgan fingerprint density at radius 1 is 0.917 bits per heavy atom. The van der Waals surface area contributed by atoms with E-state index in [-0.39, 0.29) is 0 Å². The third-order valence-corrected chi connectivity index (χ3v) is 5.64. The van der Waals surface area contributed by atoms with Crippen LogP contribution in [-0.4, -0.2) is 22.2 Å². The highest BCUT2D eigenvalue weighted by atomic mass is 32.2. The summed E-state index contributed by atoms with van der Waals surface area (Å²) in [5.41, 5.74) is 1.28. The van der Waals surface area contributed by atoms with E-state index in [9.17, 15) is 19.8 Å². The molecule has 0 saturated carbocycles. The largest absolute Gasteiger partial charge is 0.481 e. The average molecular weight is 340 g/mol. The molecule has 0 aromatic heterocycles. The number of carboxylic acids is 2. The van der Waals surface area contributed by atoms with E-state index in [0.717, 1.165) is 17.3 Å². The van der Waals surface area contributed by atoms with Crippen molar-refractivity contribution in [3.05, 3.63) is 83.3 Å². The van der Waals surface area contributed by atoms with Crippen LogP contribution in [0.25, 0.3) is 0 Å². The van der Waals surface area contributed by atoms with Crippen molar-refractivity contribution in [3.8, 4) is 0 Å². The minimum Gasteiger partial charge on any atom is -0.481 e. The van der Waals surface area contributed by atoms with Crippen LogP contribution in [0.5, 0.6) is 0 Å². The van der Waals surface area contributed by atoms with Gasteiger partial charge in [0.15, 0.2) is 4.75 Å². The summed E-state index contributed by atoms with van der Waals surface area (Å²) >= 11 is 1.05. The fraction of sp³-hybridized carbons (Fsp3) is 0.158. The van der Waals surface area contributed by atoms with Gasteiger partial charge in [0.25, 0.3) is 0 Å². The molecule has 0 bridgehead atoms. The number of allylic oxidation sites excluding steroid dienone is 1. The van der Waals surface area contributed by atoms with Crippen molar-refractivity contribution in [3.63, 3.8) is 0 Å². The second kappa shape index (κ2) is 6.53. The monoisotopic (exact) mass is 340 g/mol. The van der Waals surface area contributed by atoms with Crippen molar-refractivity contribution < 1.29 is 19.8 Å². The molecular weight excluding hydrogens is 324 g/mol. The number of carboxylic acid groups (broad SMARTS) is 2. The van der Waals surface area contributed by atoms with E-state index in [1.165, 1.54) is 0 Å². The maximum atomic E-state index is 12.3. The average Bonchev–Trinajstić information content (AvgIpc) is 2.62. The van der Waals surface area contributed by atoms with E-state index in [2.05, 4.69) is 0 Å². The predicted molar refractivity (Wildman–Crippen MR) is 92.8 cm³/mol. The van der Waals surface area contributed by atoms with Gasteiger partial charge in [-0.05, 0) is 16.5 Å². The van der Waals surface area contributed by atoms with E-state index in [4.69, 9.17) is 0 Å². The van der Waals surface area contributed by atoms with Gasteiger partial charge in [-0.25, -0.2) is 0 Å². The highest BCUT2D eigenvalue weighted by molar-refractivity contribution is 8.03. The van der Waals surface area contributed by atoms with Gasteiger partial charge in [-0.15, -0.1) is 11.8 Å². The predicted octanol–water partition coefficient (Wildman–Crippen LogP) is 3.71. The van der Waals surface area contributed by atoms with Crippen molar-refractivity contribution in [1.29, 1.82) is 0 Å². The summed E-state index contributed by atoms with van der Waals surface area (Å²) in [5.74, 6) is -3.89. The van der Waals surface area contributed by atoms with Gasteiger partial charge in [0.2, 0.25) is 0 Å². The molecule has 4 nitrogen and oxygen atoms in total. The van der Waals surface area contributed by atoms with Gasteiger partial charge >= 0.3 is 11.9 Å². The van der Waals surface area contributed by atoms with Crippen molar-refractivity contribution in [2.45, 2.75) is 10.7 Å². The van der Waals surface area contributed by atoms with E-state index in [1.807, 2.05) is 30.3 Å². The Labute approximate surface area is 143 Å². The molecule has 0 fully saturated rings. The molecule has 2 aromatic rings. The second-order valence-corrected chi connectivity index (χ2v) is 6.76. The highest BCUT2D eigenvalue weighted by Gasteiger charge is 2.56. The van der Waals surface area contributed by atoms with E-state index < -0.39 is 28.5 Å². The van der Waals surface area contributed by atoms with Crippen LogP contribution in [0.1, 0.15) is 17.0 Å². The van der Waals surface area contributed by atoms with Gasteiger partial charge in [0.05, 0.1) is 5.92 Å². The number of rotatable bonds is 4. The Morgan fingerprint density at radius 2 is 1.50 bits per heavy atom. The van der Waals surface area contributed by atoms with E-state index >= 15 is 0 Å². The molecule has 0 saturated heterocycles. The second-order valence-electron chi connectivity index (χ2n) is 5.61. The SMILES string of the molecule is O=C(O)C1C(c2ccccc2)C=CSC1(C(=O)O)c1ccccc1. The molecule has 1 aliphatic heterocycles. The molecule has 0 spiro atoms. The number of aliphatic carboxylic acids is 2. The number of hydrogen-bond donors (Lipinski definition) is 2. The first-order chi connectivity index (χ1) is 11.6. The molecule has 1 heterocycles. The number of carbonyl (C=O) groups is 2. The summed E-state index contributed by atoms with van der Waals surface area (Å²) in [6, 6.07) is 17.8. The maximum absolute atomic E-state index is 12.3. The highest BCUT2D eigenvalue weighted by Crippen LogP contribution is 2.53.